The van der Waals surface area contributed by atoms with Crippen LogP contribution in [0.3, 0.4) is 0 Å². The summed E-state index contributed by atoms with van der Waals surface area (Å²) < 4.78 is 0. The average Bonchev–Trinajstić information content (AvgIpc) is 3.39. The molecule has 0 N–H and O–H groups in total. The van der Waals surface area contributed by atoms with Crippen molar-refractivity contribution < 1.29 is 9.59 Å². The summed E-state index contributed by atoms with van der Waals surface area (Å²) in [7, 11) is 0. The van der Waals surface area contributed by atoms with Crippen LogP contribution in [0, 0.1) is 11.3 Å². The fraction of sp³-hybridized carbons (Fsp3) is 0.625. The van der Waals surface area contributed by atoms with E-state index in [1.807, 2.05) is 4.90 Å². The Hall–Kier alpha value is -1.98. The Balaban J connectivity index is 1.35. The maximum absolute atomic E-state index is 12.4. The molecule has 0 aromatic carbocycles. The third-order valence-electron chi connectivity index (χ3n) is 5.20. The van der Waals surface area contributed by atoms with E-state index in [1.165, 1.54) is 25.2 Å². The summed E-state index contributed by atoms with van der Waals surface area (Å²) in [6.07, 6.45) is 8.69. The number of hydrogen-bond acceptors (Lipinski definition) is 4. The number of carbonyl (C=O) groups is 2. The molecule has 1 saturated carbocycles. The van der Waals surface area contributed by atoms with E-state index >= 15 is 0 Å². The van der Waals surface area contributed by atoms with Crippen molar-refractivity contribution in [1.82, 2.24) is 19.8 Å². The predicted molar refractivity (Wildman–Crippen MR) is 78.9 cm³/mol. The zero-order chi connectivity index (χ0) is 15.2. The minimum Gasteiger partial charge on any atom is -0.341 e. The second-order valence-corrected chi connectivity index (χ2v) is 6.79. The second-order valence-electron chi connectivity index (χ2n) is 6.79. The average molecular weight is 300 g/mol. The number of rotatable bonds is 3. The number of carbonyl (C=O) groups excluding carboxylic acids is 2. The van der Waals surface area contributed by atoms with Gasteiger partial charge in [0.15, 0.2) is 0 Å². The van der Waals surface area contributed by atoms with Crippen LogP contribution in [-0.4, -0.2) is 57.8 Å². The van der Waals surface area contributed by atoms with Crippen LogP contribution in [0.5, 0.6) is 0 Å². The maximum atomic E-state index is 12.4. The van der Waals surface area contributed by atoms with E-state index < -0.39 is 0 Å². The number of likely N-dealkylation sites (tertiary alicyclic amines) is 2. The normalized spacial score (nSPS) is 23.5. The molecule has 22 heavy (non-hydrogen) atoms. The van der Waals surface area contributed by atoms with Crippen LogP contribution in [0.4, 0.5) is 0 Å². The van der Waals surface area contributed by atoms with Gasteiger partial charge in [-0.25, -0.2) is 4.98 Å². The lowest BCUT2D eigenvalue weighted by Gasteiger charge is -2.52. The van der Waals surface area contributed by atoms with E-state index in [4.69, 9.17) is 0 Å². The van der Waals surface area contributed by atoms with E-state index in [1.54, 1.807) is 11.1 Å². The highest BCUT2D eigenvalue weighted by Crippen LogP contribution is 2.44. The summed E-state index contributed by atoms with van der Waals surface area (Å²) in [5.74, 6) is 0.982. The summed E-state index contributed by atoms with van der Waals surface area (Å²) in [4.78, 5) is 36.6. The van der Waals surface area contributed by atoms with E-state index in [2.05, 4.69) is 9.97 Å². The highest BCUT2D eigenvalue weighted by molar-refractivity contribution is 5.93. The van der Waals surface area contributed by atoms with Crippen LogP contribution in [0.25, 0.3) is 0 Å². The molecule has 2 saturated heterocycles. The summed E-state index contributed by atoms with van der Waals surface area (Å²) >= 11 is 0. The van der Waals surface area contributed by atoms with Crippen molar-refractivity contribution in [1.29, 1.82) is 0 Å². The minimum atomic E-state index is -0.186. The fourth-order valence-electron chi connectivity index (χ4n) is 3.59. The first kappa shape index (κ1) is 13.7. The molecule has 6 heteroatoms. The Morgan fingerprint density at radius 3 is 2.64 bits per heavy atom. The molecule has 3 aliphatic rings. The van der Waals surface area contributed by atoms with Gasteiger partial charge in [0.05, 0.1) is 11.6 Å². The fourth-order valence-corrected chi connectivity index (χ4v) is 3.59. The monoisotopic (exact) mass is 300 g/mol. The molecular formula is C16H20N4O2. The summed E-state index contributed by atoms with van der Waals surface area (Å²) in [5.41, 5.74) is 0.197. The summed E-state index contributed by atoms with van der Waals surface area (Å²) in [6, 6.07) is 0. The number of piperidine rings is 1. The highest BCUT2D eigenvalue weighted by Gasteiger charge is 2.54. The molecule has 0 bridgehead atoms. The summed E-state index contributed by atoms with van der Waals surface area (Å²) in [6.45, 7) is 3.11. The quantitative estimate of drug-likeness (QED) is 0.780. The van der Waals surface area contributed by atoms with Gasteiger partial charge in [0, 0.05) is 38.6 Å². The van der Waals surface area contributed by atoms with Gasteiger partial charge in [-0.1, -0.05) is 0 Å². The summed E-state index contributed by atoms with van der Waals surface area (Å²) in [5, 5.41) is 0. The third-order valence-corrected chi connectivity index (χ3v) is 5.20. The maximum Gasteiger partial charge on any atom is 0.274 e. The lowest BCUT2D eigenvalue weighted by atomic mass is 9.71. The Morgan fingerprint density at radius 1 is 1.27 bits per heavy atom. The van der Waals surface area contributed by atoms with Gasteiger partial charge in [-0.2, -0.15) is 0 Å². The first-order valence-corrected chi connectivity index (χ1v) is 8.03. The SMILES string of the molecule is O=C(c1cnccn1)N1CCC2(CC1)CN(CC1CC1)C2=O. The standard InChI is InChI=1S/C16H20N4O2/c21-14(13-9-17-5-6-18-13)19-7-3-16(4-8-19)11-20(15(16)22)10-12-1-2-12/h5-6,9,12H,1-4,7-8,10-11H2. The van der Waals surface area contributed by atoms with Gasteiger partial charge in [0.25, 0.3) is 5.91 Å². The molecule has 1 aliphatic carbocycles. The number of amides is 2. The second kappa shape index (κ2) is 5.04. The lowest BCUT2D eigenvalue weighted by molar-refractivity contribution is -0.165. The zero-order valence-corrected chi connectivity index (χ0v) is 12.6. The predicted octanol–water partition coefficient (Wildman–Crippen LogP) is 0.951. The van der Waals surface area contributed by atoms with Gasteiger partial charge in [-0.05, 0) is 31.6 Å². The van der Waals surface area contributed by atoms with Gasteiger partial charge in [-0.15, -0.1) is 0 Å². The van der Waals surface area contributed by atoms with E-state index in [-0.39, 0.29) is 11.3 Å². The van der Waals surface area contributed by atoms with Gasteiger partial charge in [-0.3, -0.25) is 14.6 Å². The molecule has 4 rings (SSSR count). The largest absolute Gasteiger partial charge is 0.341 e. The first-order valence-electron chi connectivity index (χ1n) is 8.03. The smallest absolute Gasteiger partial charge is 0.274 e. The highest BCUT2D eigenvalue weighted by atomic mass is 16.2. The van der Waals surface area contributed by atoms with Crippen LogP contribution >= 0.6 is 0 Å². The Bertz CT molecular complexity index is 591. The van der Waals surface area contributed by atoms with Crippen LogP contribution in [0.2, 0.25) is 0 Å². The van der Waals surface area contributed by atoms with Crippen LogP contribution in [-0.2, 0) is 4.79 Å². The number of hydrogen-bond donors (Lipinski definition) is 0. The molecule has 6 nitrogen and oxygen atoms in total. The Morgan fingerprint density at radius 2 is 2.05 bits per heavy atom. The van der Waals surface area contributed by atoms with Gasteiger partial charge in [0.1, 0.15) is 5.69 Å². The topological polar surface area (TPSA) is 66.4 Å². The van der Waals surface area contributed by atoms with Gasteiger partial charge in [0.2, 0.25) is 5.91 Å². The van der Waals surface area contributed by atoms with E-state index in [9.17, 15) is 9.59 Å². The molecule has 3 fully saturated rings. The molecule has 0 atom stereocenters. The van der Waals surface area contributed by atoms with Gasteiger partial charge < -0.3 is 9.80 Å². The molecule has 1 aromatic rings. The van der Waals surface area contributed by atoms with Crippen molar-refractivity contribution in [3.05, 3.63) is 24.3 Å². The number of nitrogens with zero attached hydrogens (tertiary/aromatic N) is 4. The Kier molecular flexibility index (Phi) is 3.13. The van der Waals surface area contributed by atoms with Crippen molar-refractivity contribution in [2.75, 3.05) is 26.2 Å². The van der Waals surface area contributed by atoms with Crippen LogP contribution < -0.4 is 0 Å². The molecule has 0 radical (unpaired) electrons. The molecular weight excluding hydrogens is 280 g/mol. The van der Waals surface area contributed by atoms with Crippen molar-refractivity contribution in [3.63, 3.8) is 0 Å². The number of β-lactam (4-membered cyclic amide) rings is 1. The molecule has 2 aliphatic heterocycles. The van der Waals surface area contributed by atoms with Crippen molar-refractivity contribution >= 4 is 11.8 Å². The molecule has 2 amide bonds. The molecule has 1 spiro atoms. The minimum absolute atomic E-state index is 0.0791. The van der Waals surface area contributed by atoms with E-state index in [0.29, 0.717) is 24.7 Å². The molecule has 3 heterocycles. The van der Waals surface area contributed by atoms with Gasteiger partial charge >= 0.3 is 0 Å². The molecule has 1 aromatic heterocycles. The zero-order valence-electron chi connectivity index (χ0n) is 12.6. The lowest BCUT2D eigenvalue weighted by Crippen LogP contribution is -2.65. The first-order chi connectivity index (χ1) is 10.7. The van der Waals surface area contributed by atoms with E-state index in [0.717, 1.165) is 31.8 Å². The Labute approximate surface area is 129 Å². The van der Waals surface area contributed by atoms with Crippen molar-refractivity contribution in [2.24, 2.45) is 11.3 Å². The van der Waals surface area contributed by atoms with Crippen molar-refractivity contribution in [3.8, 4) is 0 Å². The third kappa shape index (κ3) is 2.26. The molecule has 0 unspecified atom stereocenters. The van der Waals surface area contributed by atoms with Crippen LogP contribution in [0.1, 0.15) is 36.2 Å². The molecule has 116 valence electrons. The number of aromatic nitrogens is 2. The van der Waals surface area contributed by atoms with Crippen LogP contribution in [0.15, 0.2) is 18.6 Å². The van der Waals surface area contributed by atoms with Crippen molar-refractivity contribution in [2.45, 2.75) is 25.7 Å².